The first-order valence-electron chi connectivity index (χ1n) is 4.74. The fourth-order valence-corrected chi connectivity index (χ4v) is 2.11. The summed E-state index contributed by atoms with van der Waals surface area (Å²) in [7, 11) is 0. The molecule has 0 aliphatic heterocycles. The highest BCUT2D eigenvalue weighted by Gasteiger charge is 2.27. The van der Waals surface area contributed by atoms with Gasteiger partial charge in [0, 0.05) is 6.04 Å². The lowest BCUT2D eigenvalue weighted by molar-refractivity contribution is 0.280. The van der Waals surface area contributed by atoms with Crippen molar-refractivity contribution in [2.75, 3.05) is 0 Å². The van der Waals surface area contributed by atoms with E-state index in [9.17, 15) is 0 Å². The standard InChI is InChI=1S/C10H21N/c1-10(2,3)7-8-5-4-6-9(8)11/h8-9H,4-7,11H2,1-3H3/t8-,9+/m0/s1. The van der Waals surface area contributed by atoms with Crippen LogP contribution in [-0.4, -0.2) is 6.04 Å². The molecule has 66 valence electrons. The Labute approximate surface area is 70.4 Å². The Kier molecular flexibility index (Phi) is 2.58. The second-order valence-corrected chi connectivity index (χ2v) is 5.12. The summed E-state index contributed by atoms with van der Waals surface area (Å²) >= 11 is 0. The van der Waals surface area contributed by atoms with Gasteiger partial charge in [-0.2, -0.15) is 0 Å². The largest absolute Gasteiger partial charge is 0.327 e. The van der Waals surface area contributed by atoms with Gasteiger partial charge in [-0.15, -0.1) is 0 Å². The monoisotopic (exact) mass is 155 g/mol. The highest BCUT2D eigenvalue weighted by molar-refractivity contribution is 4.83. The molecule has 11 heavy (non-hydrogen) atoms. The predicted molar refractivity (Wildman–Crippen MR) is 49.4 cm³/mol. The number of rotatable bonds is 1. The van der Waals surface area contributed by atoms with Gasteiger partial charge in [0.1, 0.15) is 0 Å². The van der Waals surface area contributed by atoms with Crippen LogP contribution in [0.1, 0.15) is 46.5 Å². The zero-order valence-corrected chi connectivity index (χ0v) is 8.06. The third kappa shape index (κ3) is 2.82. The topological polar surface area (TPSA) is 26.0 Å². The lowest BCUT2D eigenvalue weighted by Gasteiger charge is -2.25. The van der Waals surface area contributed by atoms with Crippen LogP contribution in [0.4, 0.5) is 0 Å². The van der Waals surface area contributed by atoms with Gasteiger partial charge in [0.2, 0.25) is 0 Å². The van der Waals surface area contributed by atoms with E-state index in [4.69, 9.17) is 5.73 Å². The summed E-state index contributed by atoms with van der Waals surface area (Å²) in [4.78, 5) is 0. The van der Waals surface area contributed by atoms with Gasteiger partial charge in [0.15, 0.2) is 0 Å². The molecule has 2 N–H and O–H groups in total. The highest BCUT2D eigenvalue weighted by Crippen LogP contribution is 2.34. The fraction of sp³-hybridized carbons (Fsp3) is 1.00. The molecule has 0 heterocycles. The predicted octanol–water partition coefficient (Wildman–Crippen LogP) is 2.55. The Morgan fingerprint density at radius 1 is 1.27 bits per heavy atom. The van der Waals surface area contributed by atoms with Crippen LogP contribution in [0.5, 0.6) is 0 Å². The van der Waals surface area contributed by atoms with E-state index in [2.05, 4.69) is 20.8 Å². The molecule has 0 spiro atoms. The van der Waals surface area contributed by atoms with Crippen molar-refractivity contribution in [2.45, 2.75) is 52.5 Å². The number of hydrogen-bond donors (Lipinski definition) is 1. The first kappa shape index (κ1) is 9.05. The molecule has 1 fully saturated rings. The summed E-state index contributed by atoms with van der Waals surface area (Å²) in [5.41, 5.74) is 6.45. The first-order chi connectivity index (χ1) is 4.99. The van der Waals surface area contributed by atoms with E-state index in [1.165, 1.54) is 25.7 Å². The van der Waals surface area contributed by atoms with Crippen molar-refractivity contribution < 1.29 is 0 Å². The van der Waals surface area contributed by atoms with Crippen LogP contribution >= 0.6 is 0 Å². The maximum Gasteiger partial charge on any atom is 0.00673 e. The SMILES string of the molecule is CC(C)(C)C[C@@H]1CCC[C@H]1N. The van der Waals surface area contributed by atoms with Crippen LogP contribution in [0.15, 0.2) is 0 Å². The van der Waals surface area contributed by atoms with Crippen LogP contribution in [-0.2, 0) is 0 Å². The average molecular weight is 155 g/mol. The third-order valence-electron chi connectivity index (χ3n) is 2.59. The molecule has 1 heteroatoms. The number of hydrogen-bond acceptors (Lipinski definition) is 1. The smallest absolute Gasteiger partial charge is 0.00673 e. The van der Waals surface area contributed by atoms with E-state index < -0.39 is 0 Å². The lowest BCUT2D eigenvalue weighted by Crippen LogP contribution is -2.27. The number of nitrogens with two attached hydrogens (primary N) is 1. The van der Waals surface area contributed by atoms with Crippen molar-refractivity contribution in [1.29, 1.82) is 0 Å². The molecule has 0 unspecified atom stereocenters. The molecular weight excluding hydrogens is 134 g/mol. The van der Waals surface area contributed by atoms with Gasteiger partial charge < -0.3 is 5.73 Å². The molecule has 0 bridgehead atoms. The van der Waals surface area contributed by atoms with Crippen molar-refractivity contribution in [3.05, 3.63) is 0 Å². The van der Waals surface area contributed by atoms with E-state index in [1.54, 1.807) is 0 Å². The lowest BCUT2D eigenvalue weighted by atomic mass is 9.83. The van der Waals surface area contributed by atoms with Crippen LogP contribution in [0, 0.1) is 11.3 Å². The third-order valence-corrected chi connectivity index (χ3v) is 2.59. The Bertz CT molecular complexity index is 123. The van der Waals surface area contributed by atoms with Crippen LogP contribution in [0.2, 0.25) is 0 Å². The molecular formula is C10H21N. The molecule has 1 aliphatic rings. The zero-order valence-electron chi connectivity index (χ0n) is 8.06. The molecule has 0 amide bonds. The van der Waals surface area contributed by atoms with Crippen molar-refractivity contribution in [3.63, 3.8) is 0 Å². The Morgan fingerprint density at radius 2 is 1.91 bits per heavy atom. The molecule has 1 saturated carbocycles. The molecule has 1 aliphatic carbocycles. The summed E-state index contributed by atoms with van der Waals surface area (Å²) in [6.45, 7) is 6.91. The van der Waals surface area contributed by atoms with Gasteiger partial charge in [-0.1, -0.05) is 27.2 Å². The van der Waals surface area contributed by atoms with Crippen molar-refractivity contribution in [3.8, 4) is 0 Å². The molecule has 0 saturated heterocycles. The second kappa shape index (κ2) is 3.14. The summed E-state index contributed by atoms with van der Waals surface area (Å²) in [5.74, 6) is 0.801. The second-order valence-electron chi connectivity index (χ2n) is 5.12. The Hall–Kier alpha value is -0.0400. The van der Waals surface area contributed by atoms with Crippen molar-refractivity contribution >= 4 is 0 Å². The molecule has 1 nitrogen and oxygen atoms in total. The van der Waals surface area contributed by atoms with Gasteiger partial charge >= 0.3 is 0 Å². The van der Waals surface area contributed by atoms with Gasteiger partial charge in [0.05, 0.1) is 0 Å². The molecule has 0 aromatic heterocycles. The van der Waals surface area contributed by atoms with E-state index >= 15 is 0 Å². The van der Waals surface area contributed by atoms with Gasteiger partial charge in [-0.05, 0) is 30.6 Å². The Balaban J connectivity index is 2.37. The zero-order chi connectivity index (χ0) is 8.48. The maximum atomic E-state index is 5.99. The fourth-order valence-electron chi connectivity index (χ4n) is 2.11. The summed E-state index contributed by atoms with van der Waals surface area (Å²) in [6.07, 6.45) is 5.26. The normalized spacial score (nSPS) is 32.7. The van der Waals surface area contributed by atoms with Crippen LogP contribution in [0.25, 0.3) is 0 Å². The van der Waals surface area contributed by atoms with E-state index in [0.29, 0.717) is 11.5 Å². The van der Waals surface area contributed by atoms with Crippen molar-refractivity contribution in [2.24, 2.45) is 17.1 Å². The maximum absolute atomic E-state index is 5.99. The first-order valence-corrected chi connectivity index (χ1v) is 4.74. The van der Waals surface area contributed by atoms with E-state index in [0.717, 1.165) is 5.92 Å². The van der Waals surface area contributed by atoms with Gasteiger partial charge in [0.25, 0.3) is 0 Å². The van der Waals surface area contributed by atoms with Gasteiger partial charge in [-0.25, -0.2) is 0 Å². The van der Waals surface area contributed by atoms with Crippen molar-refractivity contribution in [1.82, 2.24) is 0 Å². The summed E-state index contributed by atoms with van der Waals surface area (Å²) in [5, 5.41) is 0. The van der Waals surface area contributed by atoms with Crippen LogP contribution in [0.3, 0.4) is 0 Å². The molecule has 2 atom stereocenters. The highest BCUT2D eigenvalue weighted by atomic mass is 14.7. The minimum absolute atomic E-state index is 0.465. The molecule has 0 radical (unpaired) electrons. The minimum Gasteiger partial charge on any atom is -0.327 e. The van der Waals surface area contributed by atoms with Crippen LogP contribution < -0.4 is 5.73 Å². The van der Waals surface area contributed by atoms with Gasteiger partial charge in [-0.3, -0.25) is 0 Å². The van der Waals surface area contributed by atoms with E-state index in [-0.39, 0.29) is 0 Å². The molecule has 0 aromatic carbocycles. The average Bonchev–Trinajstić information content (AvgIpc) is 2.12. The summed E-state index contributed by atoms with van der Waals surface area (Å²) < 4.78 is 0. The molecule has 1 rings (SSSR count). The Morgan fingerprint density at radius 3 is 2.27 bits per heavy atom. The quantitative estimate of drug-likeness (QED) is 0.618. The minimum atomic E-state index is 0.465. The van der Waals surface area contributed by atoms with E-state index in [1.807, 2.05) is 0 Å². The summed E-state index contributed by atoms with van der Waals surface area (Å²) in [6, 6.07) is 0.495. The molecule has 0 aromatic rings.